The summed E-state index contributed by atoms with van der Waals surface area (Å²) in [6.07, 6.45) is 7.46. The number of benzene rings is 1. The van der Waals surface area contributed by atoms with Crippen molar-refractivity contribution in [3.05, 3.63) is 78.8 Å². The molecule has 0 spiro atoms. The van der Waals surface area contributed by atoms with Gasteiger partial charge in [-0.1, -0.05) is 30.3 Å². The summed E-state index contributed by atoms with van der Waals surface area (Å²) < 4.78 is 1.63. The minimum Gasteiger partial charge on any atom is -0.338 e. The van der Waals surface area contributed by atoms with Crippen molar-refractivity contribution >= 4 is 16.8 Å². The average molecular weight is 409 g/mol. The molecule has 152 valence electrons. The number of ketones is 1. The molecule has 8 nitrogen and oxygen atoms in total. The van der Waals surface area contributed by atoms with Crippen LogP contribution in [0.15, 0.2) is 67.4 Å². The number of carbonyl (C=O) groups excluding carboxylic acids is 1. The number of nitrogens with one attached hydrogen (secondary N) is 1. The third-order valence-electron chi connectivity index (χ3n) is 5.16. The van der Waals surface area contributed by atoms with Gasteiger partial charge in [0.25, 0.3) is 0 Å². The summed E-state index contributed by atoms with van der Waals surface area (Å²) in [5.41, 5.74) is 4.81. The van der Waals surface area contributed by atoms with E-state index in [2.05, 4.69) is 30.0 Å². The molecule has 4 heterocycles. The Labute approximate surface area is 178 Å². The molecule has 0 atom stereocenters. The highest BCUT2D eigenvalue weighted by Gasteiger charge is 2.15. The standard InChI is InChI=1S/C23H19N7O/c1-30-23-18(12-28-30)21(26-14-27-23)20(31)10-9-17-8-7-16(11-24-17)22-25-13-19(29-22)15-5-3-2-4-6-15/h2-8,11-14H,9-10H2,1H3,(H,25,29). The normalized spacial score (nSPS) is 11.1. The number of aromatic nitrogens is 7. The number of hydrogen-bond donors (Lipinski definition) is 1. The molecule has 0 fully saturated rings. The van der Waals surface area contributed by atoms with Gasteiger partial charge in [0, 0.05) is 30.9 Å². The molecule has 8 heteroatoms. The van der Waals surface area contributed by atoms with E-state index >= 15 is 0 Å². The number of rotatable bonds is 6. The van der Waals surface area contributed by atoms with Crippen LogP contribution in [-0.2, 0) is 13.5 Å². The van der Waals surface area contributed by atoms with Gasteiger partial charge in [-0.15, -0.1) is 0 Å². The average Bonchev–Trinajstić information content (AvgIpc) is 3.46. The summed E-state index contributed by atoms with van der Waals surface area (Å²) in [6, 6.07) is 13.9. The predicted molar refractivity (Wildman–Crippen MR) is 116 cm³/mol. The monoisotopic (exact) mass is 409 g/mol. The lowest BCUT2D eigenvalue weighted by Gasteiger charge is -2.03. The Kier molecular flexibility index (Phi) is 4.80. The van der Waals surface area contributed by atoms with E-state index in [9.17, 15) is 4.79 Å². The first-order valence-electron chi connectivity index (χ1n) is 9.90. The zero-order valence-corrected chi connectivity index (χ0v) is 16.9. The Hall–Kier alpha value is -4.20. The number of fused-ring (bicyclic) bond motifs is 1. The maximum Gasteiger partial charge on any atom is 0.182 e. The summed E-state index contributed by atoms with van der Waals surface area (Å²) in [5, 5.41) is 4.83. The largest absolute Gasteiger partial charge is 0.338 e. The molecule has 0 amide bonds. The fourth-order valence-electron chi connectivity index (χ4n) is 3.49. The van der Waals surface area contributed by atoms with Crippen molar-refractivity contribution in [2.24, 2.45) is 7.05 Å². The van der Waals surface area contributed by atoms with Gasteiger partial charge >= 0.3 is 0 Å². The number of Topliss-reactive ketones (excluding diaryl/α,β-unsaturated/α-hetero) is 1. The minimum absolute atomic E-state index is 0.0511. The van der Waals surface area contributed by atoms with Crippen LogP contribution in [0.2, 0.25) is 0 Å². The van der Waals surface area contributed by atoms with Crippen molar-refractivity contribution in [3.63, 3.8) is 0 Å². The molecule has 1 N–H and O–H groups in total. The van der Waals surface area contributed by atoms with E-state index in [4.69, 9.17) is 0 Å². The van der Waals surface area contributed by atoms with Gasteiger partial charge in [0.1, 0.15) is 17.8 Å². The fraction of sp³-hybridized carbons (Fsp3) is 0.130. The van der Waals surface area contributed by atoms with E-state index in [-0.39, 0.29) is 5.78 Å². The van der Waals surface area contributed by atoms with Crippen molar-refractivity contribution in [1.82, 2.24) is 34.7 Å². The van der Waals surface area contributed by atoms with Gasteiger partial charge in [0.2, 0.25) is 0 Å². The van der Waals surface area contributed by atoms with E-state index in [1.165, 1.54) is 6.33 Å². The van der Waals surface area contributed by atoms with Crippen molar-refractivity contribution in [2.75, 3.05) is 0 Å². The second kappa shape index (κ2) is 7.91. The predicted octanol–water partition coefficient (Wildman–Crippen LogP) is 3.63. The van der Waals surface area contributed by atoms with Crippen LogP contribution in [0.1, 0.15) is 22.6 Å². The van der Waals surface area contributed by atoms with E-state index in [1.807, 2.05) is 48.7 Å². The van der Waals surface area contributed by atoms with Gasteiger partial charge in [0.15, 0.2) is 11.4 Å². The summed E-state index contributed by atoms with van der Waals surface area (Å²) >= 11 is 0. The highest BCUT2D eigenvalue weighted by molar-refractivity contribution is 6.04. The maximum atomic E-state index is 12.7. The van der Waals surface area contributed by atoms with Crippen molar-refractivity contribution in [3.8, 4) is 22.6 Å². The smallest absolute Gasteiger partial charge is 0.182 e. The lowest BCUT2D eigenvalue weighted by atomic mass is 10.1. The van der Waals surface area contributed by atoms with Crippen molar-refractivity contribution < 1.29 is 4.79 Å². The van der Waals surface area contributed by atoms with Crippen molar-refractivity contribution in [1.29, 1.82) is 0 Å². The van der Waals surface area contributed by atoms with Gasteiger partial charge in [-0.3, -0.25) is 14.5 Å². The van der Waals surface area contributed by atoms with Crippen LogP contribution >= 0.6 is 0 Å². The SMILES string of the molecule is Cn1ncc2c(C(=O)CCc3ccc(-c4ncc(-c5ccccc5)[nH]4)cn3)ncnc21. The molecule has 4 aromatic heterocycles. The molecule has 0 aliphatic carbocycles. The third kappa shape index (κ3) is 3.71. The molecule has 5 aromatic rings. The van der Waals surface area contributed by atoms with Gasteiger partial charge in [-0.2, -0.15) is 5.10 Å². The summed E-state index contributed by atoms with van der Waals surface area (Å²) in [4.78, 5) is 33.3. The molecule has 0 aliphatic rings. The topological polar surface area (TPSA) is 102 Å². The number of hydrogen-bond acceptors (Lipinski definition) is 6. The Bertz CT molecular complexity index is 1350. The van der Waals surface area contributed by atoms with Crippen molar-refractivity contribution in [2.45, 2.75) is 12.8 Å². The van der Waals surface area contributed by atoms with Gasteiger partial charge < -0.3 is 4.98 Å². The van der Waals surface area contributed by atoms with Gasteiger partial charge in [0.05, 0.1) is 23.5 Å². The Morgan fingerprint density at radius 3 is 2.61 bits per heavy atom. The molecule has 0 radical (unpaired) electrons. The number of H-pyrrole nitrogens is 1. The number of pyridine rings is 1. The zero-order chi connectivity index (χ0) is 21.2. The highest BCUT2D eigenvalue weighted by atomic mass is 16.1. The zero-order valence-electron chi connectivity index (χ0n) is 16.9. The van der Waals surface area contributed by atoms with Crippen LogP contribution in [0.5, 0.6) is 0 Å². The first-order chi connectivity index (χ1) is 15.2. The van der Waals surface area contributed by atoms with E-state index in [0.717, 1.165) is 28.3 Å². The van der Waals surface area contributed by atoms with Crippen LogP contribution in [0, 0.1) is 0 Å². The van der Waals surface area contributed by atoms with Gasteiger partial charge in [-0.05, 0) is 24.1 Å². The Morgan fingerprint density at radius 2 is 1.81 bits per heavy atom. The minimum atomic E-state index is -0.0511. The lowest BCUT2D eigenvalue weighted by molar-refractivity contribution is 0.0979. The number of aryl methyl sites for hydroxylation is 2. The number of nitrogens with zero attached hydrogens (tertiary/aromatic N) is 6. The maximum absolute atomic E-state index is 12.7. The molecule has 1 aromatic carbocycles. The van der Waals surface area contributed by atoms with Crippen LogP contribution in [0.3, 0.4) is 0 Å². The molecule has 5 rings (SSSR count). The second-order valence-corrected chi connectivity index (χ2v) is 7.20. The van der Waals surface area contributed by atoms with Crippen LogP contribution in [0.4, 0.5) is 0 Å². The fourth-order valence-corrected chi connectivity index (χ4v) is 3.49. The van der Waals surface area contributed by atoms with E-state index in [0.29, 0.717) is 29.6 Å². The summed E-state index contributed by atoms with van der Waals surface area (Å²) in [7, 11) is 1.79. The lowest BCUT2D eigenvalue weighted by Crippen LogP contribution is -2.06. The molecule has 0 unspecified atom stereocenters. The first kappa shape index (κ1) is 18.8. The Morgan fingerprint density at radius 1 is 0.935 bits per heavy atom. The number of imidazole rings is 1. The summed E-state index contributed by atoms with van der Waals surface area (Å²) in [5.74, 6) is 0.707. The van der Waals surface area contributed by atoms with E-state index < -0.39 is 0 Å². The molecular formula is C23H19N7O. The molecular weight excluding hydrogens is 390 g/mol. The van der Waals surface area contributed by atoms with Crippen LogP contribution in [-0.4, -0.2) is 40.5 Å². The van der Waals surface area contributed by atoms with E-state index in [1.54, 1.807) is 24.1 Å². The molecule has 31 heavy (non-hydrogen) atoms. The molecule has 0 saturated carbocycles. The quantitative estimate of drug-likeness (QED) is 0.430. The highest BCUT2D eigenvalue weighted by Crippen LogP contribution is 2.22. The van der Waals surface area contributed by atoms with Gasteiger partial charge in [-0.25, -0.2) is 15.0 Å². The Balaban J connectivity index is 1.28. The molecule has 0 aliphatic heterocycles. The summed E-state index contributed by atoms with van der Waals surface area (Å²) in [6.45, 7) is 0. The molecule has 0 saturated heterocycles. The second-order valence-electron chi connectivity index (χ2n) is 7.20. The first-order valence-corrected chi connectivity index (χ1v) is 9.90. The molecule has 0 bridgehead atoms. The number of aromatic amines is 1. The van der Waals surface area contributed by atoms with Crippen LogP contribution < -0.4 is 0 Å². The van der Waals surface area contributed by atoms with Crippen LogP contribution in [0.25, 0.3) is 33.7 Å². The number of carbonyl (C=O) groups is 1. The third-order valence-corrected chi connectivity index (χ3v) is 5.16.